The predicted octanol–water partition coefficient (Wildman–Crippen LogP) is 18.9. The lowest BCUT2D eigenvalue weighted by atomic mass is 9.93. The average molecular weight is 840 g/mol. The summed E-state index contributed by atoms with van der Waals surface area (Å²) < 4.78 is 0. The molecule has 1 nitrogen and oxygen atoms in total. The highest BCUT2D eigenvalue weighted by Crippen LogP contribution is 2.38. The van der Waals surface area contributed by atoms with Crippen molar-refractivity contribution in [3.05, 3.63) is 258 Å². The van der Waals surface area contributed by atoms with Crippen molar-refractivity contribution in [2.45, 2.75) is 75.7 Å². The average Bonchev–Trinajstić information content (AvgIpc) is 3.31. The van der Waals surface area contributed by atoms with E-state index in [2.05, 4.69) is 248 Å². The van der Waals surface area contributed by atoms with Crippen LogP contribution in [-0.4, -0.2) is 0 Å². The molecule has 0 aliphatic rings. The molecule has 0 aliphatic heterocycles. The maximum Gasteiger partial charge on any atom is 0.0462 e. The standard InChI is InChI=1S/C47H47N.C14H16.C2H6/c1-8-14-38(9-2)40-19-25-44(26-20-40)48(45-27-21-41(22-28-45)39-16-11-10-12-17-39)46-29-23-42(24-30-46)47-33-43(36(6)32-37(47)7)18-13-15-35(5)31-34(3)4;1-4-6-7-13(5-2)14-10-8-12(3)9-11-14;1-2/h8-17,19-33H,3,18H2,1-2,4-7H3;4-11H,1H2,2-3H3;1-2H3/b14-8-,15-13-,35-31-,38-9+;7-6-,13-5+;. The van der Waals surface area contributed by atoms with Crippen LogP contribution >= 0.6 is 0 Å². The van der Waals surface area contributed by atoms with E-state index in [9.17, 15) is 0 Å². The summed E-state index contributed by atoms with van der Waals surface area (Å²) in [6.45, 7) is 28.5. The van der Waals surface area contributed by atoms with Gasteiger partial charge in [0.15, 0.2) is 0 Å². The second kappa shape index (κ2) is 25.8. The molecule has 0 amide bonds. The Morgan fingerprint density at radius 1 is 0.562 bits per heavy atom. The monoisotopic (exact) mass is 840 g/mol. The van der Waals surface area contributed by atoms with Crippen molar-refractivity contribution < 1.29 is 0 Å². The molecule has 0 spiro atoms. The Labute approximate surface area is 387 Å². The first-order valence-corrected chi connectivity index (χ1v) is 22.6. The first-order valence-electron chi connectivity index (χ1n) is 22.6. The minimum atomic E-state index is 0.893. The van der Waals surface area contributed by atoms with Gasteiger partial charge < -0.3 is 4.90 Å². The van der Waals surface area contributed by atoms with E-state index in [0.717, 1.165) is 29.1 Å². The van der Waals surface area contributed by atoms with Crippen LogP contribution in [0.5, 0.6) is 0 Å². The molecule has 0 fully saturated rings. The van der Waals surface area contributed by atoms with Crippen LogP contribution in [0.25, 0.3) is 33.4 Å². The molecule has 0 atom stereocenters. The summed E-state index contributed by atoms with van der Waals surface area (Å²) in [7, 11) is 0. The quantitative estimate of drug-likeness (QED) is 0.0988. The van der Waals surface area contributed by atoms with E-state index in [1.807, 2.05) is 33.8 Å². The number of hydrogen-bond donors (Lipinski definition) is 0. The third kappa shape index (κ3) is 14.3. The molecular weight excluding hydrogens is 771 g/mol. The van der Waals surface area contributed by atoms with E-state index in [4.69, 9.17) is 0 Å². The highest BCUT2D eigenvalue weighted by molar-refractivity contribution is 5.82. The Balaban J connectivity index is 0.000000475. The molecule has 0 heterocycles. The van der Waals surface area contributed by atoms with Crippen LogP contribution in [0, 0.1) is 20.8 Å². The zero-order valence-electron chi connectivity index (χ0n) is 40.1. The summed E-state index contributed by atoms with van der Waals surface area (Å²) in [6, 6.07) is 50.5. The maximum absolute atomic E-state index is 4.00. The van der Waals surface area contributed by atoms with Gasteiger partial charge in [0.05, 0.1) is 0 Å². The molecule has 326 valence electrons. The van der Waals surface area contributed by atoms with Crippen LogP contribution in [0.1, 0.15) is 81.8 Å². The Morgan fingerprint density at radius 2 is 1.06 bits per heavy atom. The molecule has 6 aromatic carbocycles. The Kier molecular flexibility index (Phi) is 20.1. The normalized spacial score (nSPS) is 11.9. The molecular formula is C63H69N. The van der Waals surface area contributed by atoms with Gasteiger partial charge in [0.2, 0.25) is 0 Å². The van der Waals surface area contributed by atoms with Crippen molar-refractivity contribution in [3.8, 4) is 22.3 Å². The van der Waals surface area contributed by atoms with Crippen LogP contribution in [0.2, 0.25) is 0 Å². The van der Waals surface area contributed by atoms with Crippen molar-refractivity contribution in [2.24, 2.45) is 0 Å². The first-order chi connectivity index (χ1) is 31.0. The van der Waals surface area contributed by atoms with Gasteiger partial charge in [-0.25, -0.2) is 0 Å². The second-order valence-corrected chi connectivity index (χ2v) is 15.7. The van der Waals surface area contributed by atoms with Crippen molar-refractivity contribution in [3.63, 3.8) is 0 Å². The zero-order valence-corrected chi connectivity index (χ0v) is 40.1. The molecule has 0 aromatic heterocycles. The molecule has 0 unspecified atom stereocenters. The van der Waals surface area contributed by atoms with Gasteiger partial charge in [-0.1, -0.05) is 208 Å². The largest absolute Gasteiger partial charge is 0.311 e. The smallest absolute Gasteiger partial charge is 0.0462 e. The highest BCUT2D eigenvalue weighted by Gasteiger charge is 2.15. The Hall–Kier alpha value is -6.96. The molecule has 0 aliphatic carbocycles. The highest BCUT2D eigenvalue weighted by atomic mass is 15.1. The van der Waals surface area contributed by atoms with Crippen LogP contribution < -0.4 is 4.90 Å². The minimum absolute atomic E-state index is 0.893. The molecule has 0 bridgehead atoms. The van der Waals surface area contributed by atoms with Gasteiger partial charge in [-0.2, -0.15) is 0 Å². The molecule has 0 radical (unpaired) electrons. The predicted molar refractivity (Wildman–Crippen MR) is 287 cm³/mol. The Morgan fingerprint density at radius 3 is 1.58 bits per heavy atom. The van der Waals surface area contributed by atoms with E-state index < -0.39 is 0 Å². The van der Waals surface area contributed by atoms with Crippen molar-refractivity contribution in [1.29, 1.82) is 0 Å². The van der Waals surface area contributed by atoms with Gasteiger partial charge in [0.1, 0.15) is 0 Å². The summed E-state index contributed by atoms with van der Waals surface area (Å²) in [5, 5.41) is 0. The van der Waals surface area contributed by atoms with Crippen LogP contribution in [0.3, 0.4) is 0 Å². The van der Waals surface area contributed by atoms with E-state index in [1.54, 1.807) is 6.08 Å². The van der Waals surface area contributed by atoms with E-state index in [0.29, 0.717) is 0 Å². The van der Waals surface area contributed by atoms with Crippen molar-refractivity contribution in [1.82, 2.24) is 0 Å². The molecule has 1 heteroatoms. The minimum Gasteiger partial charge on any atom is -0.311 e. The topological polar surface area (TPSA) is 3.24 Å². The summed E-state index contributed by atoms with van der Waals surface area (Å²) >= 11 is 0. The first kappa shape index (κ1) is 49.7. The molecule has 0 saturated carbocycles. The van der Waals surface area contributed by atoms with E-state index >= 15 is 0 Å². The summed E-state index contributed by atoms with van der Waals surface area (Å²) in [5.41, 5.74) is 20.7. The number of rotatable bonds is 14. The van der Waals surface area contributed by atoms with E-state index in [-0.39, 0.29) is 0 Å². The van der Waals surface area contributed by atoms with Gasteiger partial charge in [-0.15, -0.1) is 0 Å². The fraction of sp³-hybridized carbons (Fsp3) is 0.175. The van der Waals surface area contributed by atoms with Gasteiger partial charge in [0.25, 0.3) is 0 Å². The van der Waals surface area contributed by atoms with Crippen LogP contribution in [-0.2, 0) is 6.42 Å². The number of benzene rings is 6. The lowest BCUT2D eigenvalue weighted by molar-refractivity contribution is 1.19. The fourth-order valence-corrected chi connectivity index (χ4v) is 7.53. The zero-order chi connectivity index (χ0) is 46.4. The lowest BCUT2D eigenvalue weighted by Gasteiger charge is -2.26. The van der Waals surface area contributed by atoms with Gasteiger partial charge in [-0.05, 0) is 159 Å². The maximum atomic E-state index is 4.00. The van der Waals surface area contributed by atoms with E-state index in [1.165, 1.54) is 72.4 Å². The molecule has 6 rings (SSSR count). The lowest BCUT2D eigenvalue weighted by Crippen LogP contribution is -2.10. The molecule has 64 heavy (non-hydrogen) atoms. The van der Waals surface area contributed by atoms with Gasteiger partial charge in [-0.3, -0.25) is 0 Å². The molecule has 0 saturated heterocycles. The second-order valence-electron chi connectivity index (χ2n) is 15.7. The number of aryl methyl sites for hydroxylation is 3. The number of anilines is 3. The number of hydrogen-bond acceptors (Lipinski definition) is 1. The van der Waals surface area contributed by atoms with Gasteiger partial charge in [0, 0.05) is 17.1 Å². The van der Waals surface area contributed by atoms with Crippen molar-refractivity contribution >= 4 is 28.2 Å². The number of allylic oxidation sites excluding steroid dienone is 14. The Bertz CT molecular complexity index is 2590. The van der Waals surface area contributed by atoms with Crippen LogP contribution in [0.4, 0.5) is 17.1 Å². The summed E-state index contributed by atoms with van der Waals surface area (Å²) in [6.07, 6.45) is 21.8. The number of nitrogens with zero attached hydrogens (tertiary/aromatic N) is 1. The summed E-state index contributed by atoms with van der Waals surface area (Å²) in [5.74, 6) is 0. The van der Waals surface area contributed by atoms with Gasteiger partial charge >= 0.3 is 0 Å². The van der Waals surface area contributed by atoms with Crippen LogP contribution in [0.15, 0.2) is 225 Å². The third-order valence-electron chi connectivity index (χ3n) is 10.8. The fourth-order valence-electron chi connectivity index (χ4n) is 7.53. The SMILES string of the molecule is C=C(C)/C=C(C)\C=C/Cc1cc(-c2ccc(N(c3ccc(C(/C=C\C)=C/C)cc3)c3ccc(-c4ccccc4)cc3)cc2)c(C)cc1C.C=C/C=C\C(=C/C)c1ccc(C)cc1.CC. The third-order valence-corrected chi connectivity index (χ3v) is 10.8. The summed E-state index contributed by atoms with van der Waals surface area (Å²) in [4.78, 5) is 2.34. The van der Waals surface area contributed by atoms with Crippen molar-refractivity contribution in [2.75, 3.05) is 4.90 Å². The molecule has 6 aromatic rings. The molecule has 0 N–H and O–H groups in total.